The van der Waals surface area contributed by atoms with Crippen LogP contribution in [0.2, 0.25) is 0 Å². The average Bonchev–Trinajstić information content (AvgIpc) is 3.38. The molecule has 1 saturated heterocycles. The number of hydrogen-bond donors (Lipinski definition) is 1. The Bertz CT molecular complexity index is 1220. The third-order valence-corrected chi connectivity index (χ3v) is 7.05. The van der Waals surface area contributed by atoms with E-state index in [1.54, 1.807) is 0 Å². The molecule has 0 saturated carbocycles. The van der Waals surface area contributed by atoms with Gasteiger partial charge >= 0.3 is 0 Å². The van der Waals surface area contributed by atoms with Gasteiger partial charge in [0.2, 0.25) is 17.8 Å². The molecule has 0 spiro atoms. The van der Waals surface area contributed by atoms with Crippen LogP contribution in [-0.2, 0) is 9.59 Å². The van der Waals surface area contributed by atoms with Gasteiger partial charge in [-0.05, 0) is 37.3 Å². The number of hydrogen-bond acceptors (Lipinski definition) is 5. The lowest BCUT2D eigenvalue weighted by Crippen LogP contribution is -2.32. The van der Waals surface area contributed by atoms with Gasteiger partial charge in [0.05, 0.1) is 23.9 Å². The fraction of sp³-hybridized carbons (Fsp3) is 0.308. The normalized spacial score (nSPS) is 26.2. The summed E-state index contributed by atoms with van der Waals surface area (Å²) in [6, 6.07) is 18.7. The van der Waals surface area contributed by atoms with E-state index in [9.17, 15) is 9.59 Å². The molecule has 1 N–H and O–H groups in total. The van der Waals surface area contributed by atoms with Crippen LogP contribution in [0.4, 0.5) is 11.9 Å². The van der Waals surface area contributed by atoms with Crippen molar-refractivity contribution in [2.45, 2.75) is 38.3 Å². The second kappa shape index (κ2) is 7.69. The highest BCUT2D eigenvalue weighted by atomic mass is 16.2. The number of nitrogens with zero attached hydrogens (tertiary/aromatic N) is 4. The molecule has 33 heavy (non-hydrogen) atoms. The van der Waals surface area contributed by atoms with Crippen LogP contribution >= 0.6 is 0 Å². The van der Waals surface area contributed by atoms with Gasteiger partial charge < -0.3 is 5.32 Å². The molecule has 2 aromatic carbocycles. The summed E-state index contributed by atoms with van der Waals surface area (Å²) in [5.74, 6) is -0.244. The molecule has 166 valence electrons. The number of rotatable bonds is 3. The van der Waals surface area contributed by atoms with Crippen LogP contribution in [0.15, 0.2) is 66.7 Å². The first-order valence-electron chi connectivity index (χ1n) is 11.5. The molecule has 1 aromatic heterocycles. The van der Waals surface area contributed by atoms with Crippen molar-refractivity contribution in [3.05, 3.63) is 83.4 Å². The van der Waals surface area contributed by atoms with E-state index in [2.05, 4.69) is 53.6 Å². The van der Waals surface area contributed by atoms with Crippen molar-refractivity contribution in [2.75, 3.05) is 10.2 Å². The molecule has 0 radical (unpaired) electrons. The highest BCUT2D eigenvalue weighted by Crippen LogP contribution is 2.41. The van der Waals surface area contributed by atoms with Crippen LogP contribution < -0.4 is 10.2 Å². The van der Waals surface area contributed by atoms with Gasteiger partial charge in [0.15, 0.2) is 0 Å². The van der Waals surface area contributed by atoms with E-state index in [0.29, 0.717) is 18.8 Å². The number of amides is 2. The molecule has 3 aliphatic rings. The Morgan fingerprint density at radius 2 is 1.55 bits per heavy atom. The molecule has 2 amide bonds. The number of aryl methyl sites for hydroxylation is 1. The van der Waals surface area contributed by atoms with Gasteiger partial charge in [0.25, 0.3) is 5.95 Å². The number of fused-ring (bicyclic) bond motifs is 2. The van der Waals surface area contributed by atoms with Gasteiger partial charge in [0, 0.05) is 0 Å². The molecule has 7 heteroatoms. The average molecular weight is 440 g/mol. The maximum atomic E-state index is 13.1. The number of imide groups is 1. The van der Waals surface area contributed by atoms with Crippen molar-refractivity contribution >= 4 is 23.7 Å². The lowest BCUT2D eigenvalue weighted by atomic mass is 9.85. The van der Waals surface area contributed by atoms with Gasteiger partial charge in [-0.2, -0.15) is 4.98 Å². The van der Waals surface area contributed by atoms with Crippen molar-refractivity contribution in [1.82, 2.24) is 14.8 Å². The molecule has 3 heterocycles. The van der Waals surface area contributed by atoms with Gasteiger partial charge in [-0.15, -0.1) is 5.10 Å². The van der Waals surface area contributed by atoms with E-state index < -0.39 is 0 Å². The molecular weight excluding hydrogens is 414 g/mol. The minimum absolute atomic E-state index is 0.0406. The van der Waals surface area contributed by atoms with Gasteiger partial charge in [0.1, 0.15) is 0 Å². The first kappa shape index (κ1) is 19.9. The van der Waals surface area contributed by atoms with E-state index in [0.717, 1.165) is 17.5 Å². The van der Waals surface area contributed by atoms with Crippen molar-refractivity contribution in [1.29, 1.82) is 0 Å². The summed E-state index contributed by atoms with van der Waals surface area (Å²) in [7, 11) is 0. The Morgan fingerprint density at radius 1 is 0.879 bits per heavy atom. The molecule has 7 nitrogen and oxygen atoms in total. The SMILES string of the molecule is Cc1ccc([C@@H]2C[C@H](c3ccccc3)Nc3nc(N4C(=O)[C@@H]5CC=CC[C@H]5C4=O)nn32)cc1. The predicted octanol–water partition coefficient (Wildman–Crippen LogP) is 4.19. The second-order valence-electron chi connectivity index (χ2n) is 9.12. The number of nitrogens with one attached hydrogen (secondary N) is 1. The van der Waals surface area contributed by atoms with Gasteiger partial charge in [-0.3, -0.25) is 9.59 Å². The molecule has 4 atom stereocenters. The fourth-order valence-corrected chi connectivity index (χ4v) is 5.23. The molecular formula is C26H25N5O2. The van der Waals surface area contributed by atoms with Crippen molar-refractivity contribution in [3.63, 3.8) is 0 Å². The van der Waals surface area contributed by atoms with Crippen LogP contribution in [-0.4, -0.2) is 26.6 Å². The second-order valence-corrected chi connectivity index (χ2v) is 9.12. The zero-order valence-electron chi connectivity index (χ0n) is 18.4. The van der Waals surface area contributed by atoms with Crippen LogP contribution in [0.5, 0.6) is 0 Å². The molecule has 0 unspecified atom stereocenters. The summed E-state index contributed by atoms with van der Waals surface area (Å²) in [4.78, 5) is 32.1. The Kier molecular flexibility index (Phi) is 4.64. The lowest BCUT2D eigenvalue weighted by Gasteiger charge is -2.31. The number of benzene rings is 2. The largest absolute Gasteiger partial charge is 0.347 e. The number of aromatic nitrogens is 3. The molecule has 1 aliphatic carbocycles. The summed E-state index contributed by atoms with van der Waals surface area (Å²) in [5, 5.41) is 8.20. The first-order valence-corrected chi connectivity index (χ1v) is 11.5. The molecule has 2 aliphatic heterocycles. The van der Waals surface area contributed by atoms with E-state index in [1.165, 1.54) is 10.5 Å². The predicted molar refractivity (Wildman–Crippen MR) is 125 cm³/mol. The molecule has 6 rings (SSSR count). The van der Waals surface area contributed by atoms with E-state index in [-0.39, 0.29) is 41.7 Å². The Balaban J connectivity index is 1.41. The minimum atomic E-state index is -0.305. The summed E-state index contributed by atoms with van der Waals surface area (Å²) in [5.41, 5.74) is 3.48. The summed E-state index contributed by atoms with van der Waals surface area (Å²) < 4.78 is 1.83. The number of carbonyl (C=O) groups excluding carboxylic acids is 2. The van der Waals surface area contributed by atoms with Gasteiger partial charge in [-0.25, -0.2) is 9.58 Å². The van der Waals surface area contributed by atoms with E-state index in [4.69, 9.17) is 5.10 Å². The quantitative estimate of drug-likeness (QED) is 0.489. The Labute approximate surface area is 192 Å². The van der Waals surface area contributed by atoms with Crippen LogP contribution in [0.3, 0.4) is 0 Å². The maximum absolute atomic E-state index is 13.1. The minimum Gasteiger partial charge on any atom is -0.347 e. The number of carbonyl (C=O) groups is 2. The first-order chi connectivity index (χ1) is 16.1. The Morgan fingerprint density at radius 3 is 2.21 bits per heavy atom. The third-order valence-electron chi connectivity index (χ3n) is 7.05. The highest BCUT2D eigenvalue weighted by molar-refractivity contribution is 6.21. The standard InChI is InChI=1S/C26H25N5O2/c1-16-11-13-18(14-12-16)22-15-21(17-7-3-2-4-8-17)27-25-28-26(29-31(22)25)30-23(32)19-9-5-6-10-20(19)24(30)33/h2-8,11-14,19-22H,9-10,15H2,1H3,(H,27,28,29)/t19-,20-,21-,22+/m1/s1. The maximum Gasteiger partial charge on any atom is 0.260 e. The Hall–Kier alpha value is -3.74. The van der Waals surface area contributed by atoms with E-state index >= 15 is 0 Å². The van der Waals surface area contributed by atoms with Crippen LogP contribution in [0.1, 0.15) is 48.0 Å². The molecule has 1 fully saturated rings. The molecule has 0 bridgehead atoms. The van der Waals surface area contributed by atoms with Crippen LogP contribution in [0, 0.1) is 18.8 Å². The van der Waals surface area contributed by atoms with Gasteiger partial charge in [-0.1, -0.05) is 72.3 Å². The highest BCUT2D eigenvalue weighted by Gasteiger charge is 2.49. The lowest BCUT2D eigenvalue weighted by molar-refractivity contribution is -0.122. The summed E-state index contributed by atoms with van der Waals surface area (Å²) in [6.45, 7) is 2.07. The van der Waals surface area contributed by atoms with Crippen molar-refractivity contribution in [3.8, 4) is 0 Å². The smallest absolute Gasteiger partial charge is 0.260 e. The monoisotopic (exact) mass is 439 g/mol. The van der Waals surface area contributed by atoms with Crippen LogP contribution in [0.25, 0.3) is 0 Å². The zero-order valence-corrected chi connectivity index (χ0v) is 18.4. The summed E-state index contributed by atoms with van der Waals surface area (Å²) in [6.07, 6.45) is 5.95. The number of anilines is 2. The fourth-order valence-electron chi connectivity index (χ4n) is 5.23. The number of allylic oxidation sites excluding steroid dienone is 2. The third kappa shape index (κ3) is 3.26. The zero-order chi connectivity index (χ0) is 22.5. The van der Waals surface area contributed by atoms with Crippen molar-refractivity contribution in [2.24, 2.45) is 11.8 Å². The summed E-state index contributed by atoms with van der Waals surface area (Å²) >= 11 is 0. The molecule has 3 aromatic rings. The van der Waals surface area contributed by atoms with Crippen molar-refractivity contribution < 1.29 is 9.59 Å². The van der Waals surface area contributed by atoms with E-state index in [1.807, 2.05) is 35.0 Å². The topological polar surface area (TPSA) is 80.1 Å².